The minimum absolute atomic E-state index is 0.581. The van der Waals surface area contributed by atoms with E-state index >= 15 is 0 Å². The van der Waals surface area contributed by atoms with Crippen molar-refractivity contribution in [3.05, 3.63) is 23.9 Å². The molecule has 0 amide bonds. The van der Waals surface area contributed by atoms with Gasteiger partial charge in [-0.1, -0.05) is 19.9 Å². The van der Waals surface area contributed by atoms with Crippen LogP contribution in [0, 0.1) is 5.92 Å². The zero-order valence-corrected chi connectivity index (χ0v) is 14.1. The summed E-state index contributed by atoms with van der Waals surface area (Å²) in [6.45, 7) is 7.30. The zero-order valence-electron chi connectivity index (χ0n) is 14.1. The SMILES string of the molecule is CN=C(NCCCOCC(C)C)NCc1cccc(OC)n1. The van der Waals surface area contributed by atoms with E-state index in [1.165, 1.54) is 0 Å². The summed E-state index contributed by atoms with van der Waals surface area (Å²) >= 11 is 0. The second-order valence-electron chi connectivity index (χ2n) is 5.35. The van der Waals surface area contributed by atoms with Gasteiger partial charge in [0.15, 0.2) is 5.96 Å². The molecule has 1 aromatic heterocycles. The average molecular weight is 308 g/mol. The first-order valence-electron chi connectivity index (χ1n) is 7.68. The molecule has 1 rings (SSSR count). The van der Waals surface area contributed by atoms with Crippen LogP contribution in [0.4, 0.5) is 0 Å². The highest BCUT2D eigenvalue weighted by atomic mass is 16.5. The van der Waals surface area contributed by atoms with Gasteiger partial charge in [0, 0.05) is 32.9 Å². The highest BCUT2D eigenvalue weighted by molar-refractivity contribution is 5.79. The van der Waals surface area contributed by atoms with Crippen molar-refractivity contribution in [2.75, 3.05) is 33.9 Å². The summed E-state index contributed by atoms with van der Waals surface area (Å²) in [5.74, 6) is 1.95. The highest BCUT2D eigenvalue weighted by Gasteiger charge is 2.01. The van der Waals surface area contributed by atoms with Crippen LogP contribution in [0.15, 0.2) is 23.2 Å². The summed E-state index contributed by atoms with van der Waals surface area (Å²) < 4.78 is 10.6. The number of methoxy groups -OCH3 is 1. The fourth-order valence-electron chi connectivity index (χ4n) is 1.76. The number of aliphatic imine (C=N–C) groups is 1. The van der Waals surface area contributed by atoms with E-state index in [1.54, 1.807) is 14.2 Å². The molecule has 0 aliphatic carbocycles. The largest absolute Gasteiger partial charge is 0.481 e. The number of rotatable bonds is 9. The lowest BCUT2D eigenvalue weighted by Crippen LogP contribution is -2.37. The molecule has 0 fully saturated rings. The summed E-state index contributed by atoms with van der Waals surface area (Å²) in [7, 11) is 3.37. The maximum atomic E-state index is 5.54. The van der Waals surface area contributed by atoms with Crippen molar-refractivity contribution < 1.29 is 9.47 Å². The van der Waals surface area contributed by atoms with Gasteiger partial charge in [0.1, 0.15) is 0 Å². The van der Waals surface area contributed by atoms with Crippen molar-refractivity contribution in [2.45, 2.75) is 26.8 Å². The van der Waals surface area contributed by atoms with Gasteiger partial charge < -0.3 is 20.1 Å². The molecule has 1 heterocycles. The second kappa shape index (κ2) is 10.8. The van der Waals surface area contributed by atoms with Crippen LogP contribution < -0.4 is 15.4 Å². The summed E-state index contributed by atoms with van der Waals surface area (Å²) in [5, 5.41) is 6.48. The predicted molar refractivity (Wildman–Crippen MR) is 89.3 cm³/mol. The van der Waals surface area contributed by atoms with Gasteiger partial charge in [-0.15, -0.1) is 0 Å². The van der Waals surface area contributed by atoms with Crippen LogP contribution >= 0.6 is 0 Å². The first-order valence-corrected chi connectivity index (χ1v) is 7.68. The number of hydrogen-bond donors (Lipinski definition) is 2. The lowest BCUT2D eigenvalue weighted by Gasteiger charge is -2.12. The Morgan fingerprint density at radius 1 is 1.32 bits per heavy atom. The van der Waals surface area contributed by atoms with Gasteiger partial charge >= 0.3 is 0 Å². The summed E-state index contributed by atoms with van der Waals surface area (Å²) in [5.41, 5.74) is 0.905. The maximum absolute atomic E-state index is 5.54. The molecule has 0 radical (unpaired) electrons. The quantitative estimate of drug-likeness (QED) is 0.414. The molecule has 2 N–H and O–H groups in total. The molecular weight excluding hydrogens is 280 g/mol. The van der Waals surface area contributed by atoms with Crippen molar-refractivity contribution in [1.29, 1.82) is 0 Å². The number of ether oxygens (including phenoxy) is 2. The Kier molecular flexibility index (Phi) is 8.98. The van der Waals surface area contributed by atoms with Crippen LogP contribution in [0.3, 0.4) is 0 Å². The second-order valence-corrected chi connectivity index (χ2v) is 5.35. The topological polar surface area (TPSA) is 67.8 Å². The molecule has 0 aliphatic heterocycles. The van der Waals surface area contributed by atoms with Gasteiger partial charge in [0.25, 0.3) is 0 Å². The van der Waals surface area contributed by atoms with E-state index in [-0.39, 0.29) is 0 Å². The molecule has 0 atom stereocenters. The summed E-state index contributed by atoms with van der Waals surface area (Å²) in [4.78, 5) is 8.53. The first kappa shape index (κ1) is 18.2. The predicted octanol–water partition coefficient (Wildman–Crippen LogP) is 1.82. The Balaban J connectivity index is 2.22. The molecule has 22 heavy (non-hydrogen) atoms. The van der Waals surface area contributed by atoms with Crippen LogP contribution in [0.1, 0.15) is 26.0 Å². The molecule has 1 aromatic rings. The minimum atomic E-state index is 0.581. The fraction of sp³-hybridized carbons (Fsp3) is 0.625. The Labute approximate surface area is 133 Å². The Bertz CT molecular complexity index is 450. The van der Waals surface area contributed by atoms with Crippen LogP contribution in [-0.2, 0) is 11.3 Å². The normalized spacial score (nSPS) is 11.6. The number of hydrogen-bond acceptors (Lipinski definition) is 4. The van der Waals surface area contributed by atoms with E-state index in [9.17, 15) is 0 Å². The van der Waals surface area contributed by atoms with E-state index in [1.807, 2.05) is 18.2 Å². The van der Waals surface area contributed by atoms with Crippen molar-refractivity contribution in [2.24, 2.45) is 10.9 Å². The third kappa shape index (κ3) is 7.83. The maximum Gasteiger partial charge on any atom is 0.213 e. The molecule has 0 unspecified atom stereocenters. The number of nitrogens with one attached hydrogen (secondary N) is 2. The number of guanidine groups is 1. The van der Waals surface area contributed by atoms with E-state index in [0.717, 1.165) is 37.8 Å². The monoisotopic (exact) mass is 308 g/mol. The number of pyridine rings is 1. The fourth-order valence-corrected chi connectivity index (χ4v) is 1.76. The highest BCUT2D eigenvalue weighted by Crippen LogP contribution is 2.05. The van der Waals surface area contributed by atoms with Crippen molar-refractivity contribution in [3.63, 3.8) is 0 Å². The lowest BCUT2D eigenvalue weighted by atomic mass is 10.2. The van der Waals surface area contributed by atoms with Gasteiger partial charge in [-0.25, -0.2) is 4.98 Å². The van der Waals surface area contributed by atoms with Crippen LogP contribution in [-0.4, -0.2) is 44.9 Å². The Morgan fingerprint density at radius 3 is 2.82 bits per heavy atom. The third-order valence-electron chi connectivity index (χ3n) is 2.86. The van der Waals surface area contributed by atoms with Gasteiger partial charge in [0.05, 0.1) is 19.3 Å². The van der Waals surface area contributed by atoms with E-state index in [4.69, 9.17) is 9.47 Å². The molecule has 0 saturated heterocycles. The molecule has 0 saturated carbocycles. The first-order chi connectivity index (χ1) is 10.7. The van der Waals surface area contributed by atoms with Gasteiger partial charge in [-0.05, 0) is 18.4 Å². The molecule has 6 nitrogen and oxygen atoms in total. The van der Waals surface area contributed by atoms with E-state index in [0.29, 0.717) is 18.3 Å². The number of aromatic nitrogens is 1. The zero-order chi connectivity index (χ0) is 16.2. The molecule has 6 heteroatoms. The molecule has 0 aromatic carbocycles. The van der Waals surface area contributed by atoms with Crippen molar-refractivity contribution in [1.82, 2.24) is 15.6 Å². The molecule has 124 valence electrons. The smallest absolute Gasteiger partial charge is 0.213 e. The van der Waals surface area contributed by atoms with E-state index in [2.05, 4.69) is 34.5 Å². The molecule has 0 bridgehead atoms. The third-order valence-corrected chi connectivity index (χ3v) is 2.86. The van der Waals surface area contributed by atoms with Crippen molar-refractivity contribution >= 4 is 5.96 Å². The molecule has 0 spiro atoms. The number of nitrogens with zero attached hydrogens (tertiary/aromatic N) is 2. The minimum Gasteiger partial charge on any atom is -0.481 e. The standard InChI is InChI=1S/C16H28N4O2/c1-13(2)12-22-10-6-9-18-16(17-3)19-11-14-7-5-8-15(20-14)21-4/h5,7-8,13H,6,9-12H2,1-4H3,(H2,17,18,19). The van der Waals surface area contributed by atoms with Gasteiger partial charge in [-0.3, -0.25) is 4.99 Å². The van der Waals surface area contributed by atoms with Crippen LogP contribution in [0.5, 0.6) is 5.88 Å². The van der Waals surface area contributed by atoms with Crippen LogP contribution in [0.25, 0.3) is 0 Å². The van der Waals surface area contributed by atoms with Gasteiger partial charge in [-0.2, -0.15) is 0 Å². The average Bonchev–Trinajstić information content (AvgIpc) is 2.53. The summed E-state index contributed by atoms with van der Waals surface area (Å²) in [6.07, 6.45) is 0.949. The lowest BCUT2D eigenvalue weighted by molar-refractivity contribution is 0.108. The Hall–Kier alpha value is -1.82. The van der Waals surface area contributed by atoms with E-state index < -0.39 is 0 Å². The molecular formula is C16H28N4O2. The Morgan fingerprint density at radius 2 is 2.14 bits per heavy atom. The molecule has 0 aliphatic rings. The van der Waals surface area contributed by atoms with Crippen LogP contribution in [0.2, 0.25) is 0 Å². The van der Waals surface area contributed by atoms with Gasteiger partial charge in [0.2, 0.25) is 5.88 Å². The summed E-state index contributed by atoms with van der Waals surface area (Å²) in [6, 6.07) is 5.70. The van der Waals surface area contributed by atoms with Crippen molar-refractivity contribution in [3.8, 4) is 5.88 Å².